The molecule has 1 aromatic rings. The predicted molar refractivity (Wildman–Crippen MR) is 101 cm³/mol. The molecule has 1 aromatic carbocycles. The molecule has 0 spiro atoms. The molecule has 0 aromatic heterocycles. The maximum Gasteiger partial charge on any atom is 0.427 e. The lowest BCUT2D eigenvalue weighted by Gasteiger charge is -2.42. The molecule has 0 radical (unpaired) electrons. The zero-order valence-corrected chi connectivity index (χ0v) is 18.3. The van der Waals surface area contributed by atoms with Gasteiger partial charge in [0.05, 0.1) is 12.1 Å². The van der Waals surface area contributed by atoms with Gasteiger partial charge in [0, 0.05) is 12.0 Å². The number of rotatable bonds is 7. The molecule has 27 heavy (non-hydrogen) atoms. The Morgan fingerprint density at radius 1 is 1.22 bits per heavy atom. The highest BCUT2D eigenvalue weighted by Gasteiger charge is 2.65. The maximum atomic E-state index is 14.0. The molecule has 0 aliphatic rings. The van der Waals surface area contributed by atoms with Gasteiger partial charge in [0.15, 0.2) is 8.32 Å². The van der Waals surface area contributed by atoms with E-state index in [9.17, 15) is 23.1 Å². The second kappa shape index (κ2) is 7.64. The van der Waals surface area contributed by atoms with E-state index in [1.807, 2.05) is 0 Å². The van der Waals surface area contributed by atoms with E-state index in [0.717, 1.165) is 0 Å². The second-order valence-corrected chi connectivity index (χ2v) is 13.0. The van der Waals surface area contributed by atoms with Gasteiger partial charge in [-0.05, 0) is 37.5 Å². The van der Waals surface area contributed by atoms with Gasteiger partial charge in [0.2, 0.25) is 0 Å². The highest BCUT2D eigenvalue weighted by Crippen LogP contribution is 2.48. The van der Waals surface area contributed by atoms with Crippen LogP contribution >= 0.6 is 11.6 Å². The highest BCUT2D eigenvalue weighted by molar-refractivity contribution is 6.70. The lowest BCUT2D eigenvalue weighted by Crippen LogP contribution is -2.60. The third-order valence-corrected chi connectivity index (χ3v) is 5.63. The predicted octanol–water partition coefficient (Wildman–Crippen LogP) is 5.56. The number of alkyl halides is 3. The molecule has 0 saturated heterocycles. The standard InChI is InChI=1S/C18H26ClF3O4Si/c1-11-8-9-12(14(25-4)13(11)19)16(2,3)10-17(15(23)24,18(20,21)22)26-27(5,6)7/h8-9H,10H2,1-7H3,(H,23,24). The SMILES string of the molecule is COc1c(C(C)(C)CC(O[Si](C)(C)C)(C(=O)O)C(F)(F)F)ccc(C)c1Cl. The van der Waals surface area contributed by atoms with Crippen molar-refractivity contribution >= 4 is 25.9 Å². The lowest BCUT2D eigenvalue weighted by molar-refractivity contribution is -0.259. The first-order chi connectivity index (χ1) is 12.0. The van der Waals surface area contributed by atoms with Crippen molar-refractivity contribution in [3.8, 4) is 5.75 Å². The van der Waals surface area contributed by atoms with Crippen LogP contribution in [0, 0.1) is 6.92 Å². The number of hydrogen-bond acceptors (Lipinski definition) is 3. The molecule has 0 aliphatic carbocycles. The molecule has 154 valence electrons. The molecule has 1 unspecified atom stereocenters. The average molecular weight is 427 g/mol. The molecule has 0 heterocycles. The summed E-state index contributed by atoms with van der Waals surface area (Å²) in [6.07, 6.45) is -5.92. The first kappa shape index (κ1) is 23.8. The van der Waals surface area contributed by atoms with E-state index < -0.39 is 37.9 Å². The smallest absolute Gasteiger partial charge is 0.427 e. The summed E-state index contributed by atoms with van der Waals surface area (Å²) in [5.41, 5.74) is -3.50. The molecule has 0 fully saturated rings. The normalized spacial score (nSPS) is 15.4. The number of halogens is 4. The Morgan fingerprint density at radius 2 is 1.74 bits per heavy atom. The topological polar surface area (TPSA) is 55.8 Å². The molecule has 0 bridgehead atoms. The van der Waals surface area contributed by atoms with Crippen LogP contribution in [0.25, 0.3) is 0 Å². The van der Waals surface area contributed by atoms with Crippen LogP contribution in [-0.2, 0) is 14.6 Å². The minimum absolute atomic E-state index is 0.233. The fourth-order valence-corrected chi connectivity index (χ4v) is 4.62. The van der Waals surface area contributed by atoms with Gasteiger partial charge in [-0.1, -0.05) is 37.6 Å². The molecular weight excluding hydrogens is 401 g/mol. The van der Waals surface area contributed by atoms with Gasteiger partial charge in [0.1, 0.15) is 5.75 Å². The van der Waals surface area contributed by atoms with Crippen molar-refractivity contribution in [2.45, 2.75) is 64.0 Å². The Balaban J connectivity index is 3.61. The van der Waals surface area contributed by atoms with E-state index in [1.165, 1.54) is 40.6 Å². The third-order valence-electron chi connectivity index (χ3n) is 4.20. The third kappa shape index (κ3) is 4.97. The fourth-order valence-electron chi connectivity index (χ4n) is 3.06. The van der Waals surface area contributed by atoms with Crippen LogP contribution in [0.2, 0.25) is 24.7 Å². The van der Waals surface area contributed by atoms with E-state index in [0.29, 0.717) is 11.1 Å². The van der Waals surface area contributed by atoms with Gasteiger partial charge in [-0.15, -0.1) is 0 Å². The van der Waals surface area contributed by atoms with E-state index >= 15 is 0 Å². The number of carbonyl (C=O) groups is 1. The average Bonchev–Trinajstić information content (AvgIpc) is 2.45. The number of benzene rings is 1. The fraction of sp³-hybridized carbons (Fsp3) is 0.611. The minimum atomic E-state index is -5.10. The molecule has 0 aliphatic heterocycles. The Labute approximate surface area is 163 Å². The van der Waals surface area contributed by atoms with E-state index in [4.69, 9.17) is 20.8 Å². The molecule has 1 rings (SSSR count). The largest absolute Gasteiger partial charge is 0.495 e. The summed E-state index contributed by atoms with van der Waals surface area (Å²) in [4.78, 5) is 11.9. The van der Waals surface area contributed by atoms with Crippen molar-refractivity contribution in [1.29, 1.82) is 0 Å². The summed E-state index contributed by atoms with van der Waals surface area (Å²) >= 11 is 6.25. The summed E-state index contributed by atoms with van der Waals surface area (Å²) < 4.78 is 52.6. The van der Waals surface area contributed by atoms with Crippen molar-refractivity contribution in [3.63, 3.8) is 0 Å². The minimum Gasteiger partial charge on any atom is -0.495 e. The highest BCUT2D eigenvalue weighted by atomic mass is 35.5. The molecule has 1 N–H and O–H groups in total. The summed E-state index contributed by atoms with van der Waals surface area (Å²) in [6, 6.07) is 3.27. The summed E-state index contributed by atoms with van der Waals surface area (Å²) in [5.74, 6) is -1.82. The van der Waals surface area contributed by atoms with Crippen LogP contribution in [0.4, 0.5) is 13.2 Å². The quantitative estimate of drug-likeness (QED) is 0.580. The van der Waals surface area contributed by atoms with Crippen molar-refractivity contribution in [2.24, 2.45) is 0 Å². The number of aliphatic carboxylic acids is 1. The van der Waals surface area contributed by atoms with Gasteiger partial charge in [-0.3, -0.25) is 0 Å². The van der Waals surface area contributed by atoms with Crippen molar-refractivity contribution in [1.82, 2.24) is 0 Å². The molecule has 4 nitrogen and oxygen atoms in total. The van der Waals surface area contributed by atoms with Crippen LogP contribution < -0.4 is 4.74 Å². The van der Waals surface area contributed by atoms with Crippen LogP contribution in [0.1, 0.15) is 31.4 Å². The van der Waals surface area contributed by atoms with Gasteiger partial charge in [-0.25, -0.2) is 4.79 Å². The Bertz CT molecular complexity index is 714. The zero-order chi connectivity index (χ0) is 21.4. The molecule has 0 saturated carbocycles. The van der Waals surface area contributed by atoms with Crippen molar-refractivity contribution in [3.05, 3.63) is 28.3 Å². The Morgan fingerprint density at radius 3 is 2.11 bits per heavy atom. The number of hydrogen-bond donors (Lipinski definition) is 1. The molecular formula is C18H26ClF3O4Si. The Hall–Kier alpha value is -1.25. The summed E-state index contributed by atoms with van der Waals surface area (Å²) in [6.45, 7) is 9.35. The number of methoxy groups -OCH3 is 1. The number of aryl methyl sites for hydroxylation is 1. The summed E-state index contributed by atoms with van der Waals surface area (Å²) in [5, 5.41) is 9.86. The van der Waals surface area contributed by atoms with Gasteiger partial charge in [-0.2, -0.15) is 13.2 Å². The number of carboxylic acid groups (broad SMARTS) is 1. The van der Waals surface area contributed by atoms with Gasteiger partial charge < -0.3 is 14.3 Å². The molecule has 9 heteroatoms. The summed E-state index contributed by atoms with van der Waals surface area (Å²) in [7, 11) is -1.50. The first-order valence-electron chi connectivity index (χ1n) is 8.32. The van der Waals surface area contributed by atoms with Crippen LogP contribution in [0.5, 0.6) is 5.75 Å². The number of carboxylic acids is 1. The van der Waals surface area contributed by atoms with Gasteiger partial charge >= 0.3 is 12.1 Å². The van der Waals surface area contributed by atoms with Crippen LogP contribution in [-0.4, -0.2) is 38.3 Å². The monoisotopic (exact) mass is 426 g/mol. The van der Waals surface area contributed by atoms with Crippen LogP contribution in [0.3, 0.4) is 0 Å². The molecule has 1 atom stereocenters. The van der Waals surface area contributed by atoms with E-state index in [-0.39, 0.29) is 10.8 Å². The van der Waals surface area contributed by atoms with E-state index in [2.05, 4.69) is 0 Å². The van der Waals surface area contributed by atoms with Crippen molar-refractivity contribution < 1.29 is 32.2 Å². The second-order valence-electron chi connectivity index (χ2n) is 8.18. The zero-order valence-electron chi connectivity index (χ0n) is 16.5. The van der Waals surface area contributed by atoms with E-state index in [1.54, 1.807) is 19.1 Å². The number of ether oxygens (including phenoxy) is 1. The van der Waals surface area contributed by atoms with Gasteiger partial charge in [0.25, 0.3) is 5.60 Å². The first-order valence-corrected chi connectivity index (χ1v) is 12.1. The van der Waals surface area contributed by atoms with Crippen molar-refractivity contribution in [2.75, 3.05) is 7.11 Å². The maximum absolute atomic E-state index is 14.0. The van der Waals surface area contributed by atoms with Crippen LogP contribution in [0.15, 0.2) is 12.1 Å². The molecule has 0 amide bonds. The Kier molecular flexibility index (Phi) is 6.73. The lowest BCUT2D eigenvalue weighted by atomic mass is 9.74.